The van der Waals surface area contributed by atoms with Gasteiger partial charge in [-0.2, -0.15) is 5.10 Å². The minimum atomic E-state index is -0.315. The van der Waals surface area contributed by atoms with Crippen molar-refractivity contribution in [2.24, 2.45) is 7.05 Å². The lowest BCUT2D eigenvalue weighted by molar-refractivity contribution is 0.0340. The molecule has 0 N–H and O–H groups in total. The van der Waals surface area contributed by atoms with Gasteiger partial charge in [0.1, 0.15) is 6.10 Å². The summed E-state index contributed by atoms with van der Waals surface area (Å²) in [5.41, 5.74) is 5.23. The first kappa shape index (κ1) is 16.8. The Balaban J connectivity index is 1.72. The van der Waals surface area contributed by atoms with E-state index in [-0.39, 0.29) is 12.1 Å². The van der Waals surface area contributed by atoms with Crippen LogP contribution in [0.3, 0.4) is 0 Å². The maximum atomic E-state index is 13.0. The molecule has 0 spiro atoms. The molecule has 5 nitrogen and oxygen atoms in total. The number of hydrogen-bond donors (Lipinski definition) is 0. The number of rotatable bonds is 4. The molecule has 0 saturated heterocycles. The van der Waals surface area contributed by atoms with Gasteiger partial charge in [-0.05, 0) is 45.2 Å². The van der Waals surface area contributed by atoms with E-state index in [9.17, 15) is 4.79 Å². The van der Waals surface area contributed by atoms with Crippen LogP contribution < -0.4 is 0 Å². The first-order valence-corrected chi connectivity index (χ1v) is 9.06. The summed E-state index contributed by atoms with van der Waals surface area (Å²) >= 11 is 0. The van der Waals surface area contributed by atoms with Crippen LogP contribution in [0.2, 0.25) is 0 Å². The molecule has 0 radical (unpaired) electrons. The predicted octanol–water partition coefficient (Wildman–Crippen LogP) is 4.38. The number of nitrogens with zero attached hydrogens (tertiary/aromatic N) is 3. The fourth-order valence-corrected chi connectivity index (χ4v) is 3.43. The third kappa shape index (κ3) is 2.98. The normalized spacial score (nSPS) is 15.2. The summed E-state index contributed by atoms with van der Waals surface area (Å²) < 4.78 is 7.55. The highest BCUT2D eigenvalue weighted by atomic mass is 16.5. The van der Waals surface area contributed by atoms with Crippen LogP contribution in [0.15, 0.2) is 30.3 Å². The number of pyridine rings is 1. The van der Waals surface area contributed by atoms with Crippen molar-refractivity contribution in [1.82, 2.24) is 14.8 Å². The number of ether oxygens (including phenoxy) is 1. The van der Waals surface area contributed by atoms with Crippen molar-refractivity contribution < 1.29 is 9.53 Å². The molecule has 1 aliphatic rings. The van der Waals surface area contributed by atoms with Crippen molar-refractivity contribution in [3.63, 3.8) is 0 Å². The van der Waals surface area contributed by atoms with Gasteiger partial charge >= 0.3 is 5.97 Å². The van der Waals surface area contributed by atoms with E-state index in [1.807, 2.05) is 58.2 Å². The Labute approximate surface area is 153 Å². The molecule has 134 valence electrons. The predicted molar refractivity (Wildman–Crippen MR) is 100 cm³/mol. The van der Waals surface area contributed by atoms with Crippen molar-refractivity contribution in [2.75, 3.05) is 0 Å². The monoisotopic (exact) mass is 349 g/mol. The molecule has 3 aromatic rings. The quantitative estimate of drug-likeness (QED) is 0.656. The van der Waals surface area contributed by atoms with E-state index in [0.29, 0.717) is 11.5 Å². The number of aryl methyl sites for hydroxylation is 3. The molecule has 0 amide bonds. The average molecular weight is 349 g/mol. The molecule has 1 aromatic carbocycles. The highest BCUT2D eigenvalue weighted by molar-refractivity contribution is 6.04. The van der Waals surface area contributed by atoms with Crippen molar-refractivity contribution in [3.05, 3.63) is 58.4 Å². The molecule has 5 heteroatoms. The number of hydrogen-bond acceptors (Lipinski definition) is 4. The maximum Gasteiger partial charge on any atom is 0.339 e. The minimum absolute atomic E-state index is 0.313. The fraction of sp³-hybridized carbons (Fsp3) is 0.381. The smallest absolute Gasteiger partial charge is 0.339 e. The zero-order valence-corrected chi connectivity index (χ0v) is 15.6. The standard InChI is InChI=1S/C21H23N3O2/c1-12-6-5-7-16(10-12)14(3)26-21(25)17-11-18(15-8-9-15)22-20-19(17)13(2)23-24(20)4/h5-7,10-11,14-15H,8-9H2,1-4H3/t14-/m0/s1. The van der Waals surface area contributed by atoms with Gasteiger partial charge in [0.15, 0.2) is 5.65 Å². The molecular weight excluding hydrogens is 326 g/mol. The Hall–Kier alpha value is -2.69. The minimum Gasteiger partial charge on any atom is -0.454 e. The highest BCUT2D eigenvalue weighted by Gasteiger charge is 2.29. The van der Waals surface area contributed by atoms with Crippen LogP contribution in [0.25, 0.3) is 11.0 Å². The Kier molecular flexibility index (Phi) is 4.02. The van der Waals surface area contributed by atoms with Crippen molar-refractivity contribution >= 4 is 17.0 Å². The molecular formula is C21H23N3O2. The molecule has 2 heterocycles. The lowest BCUT2D eigenvalue weighted by Gasteiger charge is -2.15. The average Bonchev–Trinajstić information content (AvgIpc) is 3.41. The second-order valence-electron chi connectivity index (χ2n) is 7.24. The Morgan fingerprint density at radius 2 is 2.04 bits per heavy atom. The summed E-state index contributed by atoms with van der Waals surface area (Å²) in [5, 5.41) is 5.24. The van der Waals surface area contributed by atoms with E-state index < -0.39 is 0 Å². The van der Waals surface area contributed by atoms with Crippen LogP contribution in [0.4, 0.5) is 0 Å². The lowest BCUT2D eigenvalue weighted by atomic mass is 10.1. The second kappa shape index (κ2) is 6.24. The number of esters is 1. The van der Waals surface area contributed by atoms with E-state index in [1.165, 1.54) is 0 Å². The SMILES string of the molecule is Cc1cccc([C@H](C)OC(=O)c2cc(C3CC3)nc3c2c(C)nn3C)c1. The van der Waals surface area contributed by atoms with Crippen LogP contribution in [0.1, 0.15) is 64.7 Å². The summed E-state index contributed by atoms with van der Waals surface area (Å²) in [6, 6.07) is 9.95. The Morgan fingerprint density at radius 1 is 1.27 bits per heavy atom. The van der Waals surface area contributed by atoms with Gasteiger partial charge in [0.25, 0.3) is 0 Å². The van der Waals surface area contributed by atoms with E-state index in [1.54, 1.807) is 4.68 Å². The van der Waals surface area contributed by atoms with Crippen LogP contribution >= 0.6 is 0 Å². The van der Waals surface area contributed by atoms with Crippen molar-refractivity contribution in [3.8, 4) is 0 Å². The molecule has 1 saturated carbocycles. The summed E-state index contributed by atoms with van der Waals surface area (Å²) in [5.74, 6) is 0.139. The topological polar surface area (TPSA) is 57.0 Å². The van der Waals surface area contributed by atoms with Gasteiger partial charge in [0, 0.05) is 18.7 Å². The molecule has 1 atom stereocenters. The maximum absolute atomic E-state index is 13.0. The number of fused-ring (bicyclic) bond motifs is 1. The van der Waals surface area contributed by atoms with Gasteiger partial charge in [0.05, 0.1) is 16.6 Å². The summed E-state index contributed by atoms with van der Waals surface area (Å²) in [6.45, 7) is 5.84. The number of benzene rings is 1. The fourth-order valence-electron chi connectivity index (χ4n) is 3.43. The molecule has 1 aliphatic carbocycles. The van der Waals surface area contributed by atoms with Crippen LogP contribution in [-0.4, -0.2) is 20.7 Å². The molecule has 26 heavy (non-hydrogen) atoms. The van der Waals surface area contributed by atoms with Crippen molar-refractivity contribution in [2.45, 2.75) is 45.6 Å². The summed E-state index contributed by atoms with van der Waals surface area (Å²) in [4.78, 5) is 17.7. The van der Waals surface area contributed by atoms with E-state index >= 15 is 0 Å². The zero-order valence-electron chi connectivity index (χ0n) is 15.6. The van der Waals surface area contributed by atoms with Crippen LogP contribution in [0.5, 0.6) is 0 Å². The van der Waals surface area contributed by atoms with Gasteiger partial charge < -0.3 is 4.74 Å². The van der Waals surface area contributed by atoms with Gasteiger partial charge in [-0.3, -0.25) is 4.68 Å². The molecule has 0 aliphatic heterocycles. The Morgan fingerprint density at radius 3 is 2.73 bits per heavy atom. The molecule has 1 fully saturated rings. The third-order valence-corrected chi connectivity index (χ3v) is 5.00. The van der Waals surface area contributed by atoms with Crippen LogP contribution in [-0.2, 0) is 11.8 Å². The first-order valence-electron chi connectivity index (χ1n) is 9.06. The lowest BCUT2D eigenvalue weighted by Crippen LogP contribution is -2.11. The zero-order chi connectivity index (χ0) is 18.4. The number of carbonyl (C=O) groups is 1. The van der Waals surface area contributed by atoms with Crippen molar-refractivity contribution in [1.29, 1.82) is 0 Å². The van der Waals surface area contributed by atoms with Gasteiger partial charge in [-0.15, -0.1) is 0 Å². The number of aromatic nitrogens is 3. The number of carbonyl (C=O) groups excluding carboxylic acids is 1. The Bertz CT molecular complexity index is 1000. The molecule has 2 aromatic heterocycles. The van der Waals surface area contributed by atoms with Gasteiger partial charge in [-0.1, -0.05) is 29.8 Å². The summed E-state index contributed by atoms with van der Waals surface area (Å²) in [6.07, 6.45) is 1.94. The molecule has 4 rings (SSSR count). The van der Waals surface area contributed by atoms with Gasteiger partial charge in [0.2, 0.25) is 0 Å². The van der Waals surface area contributed by atoms with Crippen LogP contribution in [0, 0.1) is 13.8 Å². The largest absolute Gasteiger partial charge is 0.454 e. The second-order valence-corrected chi connectivity index (χ2v) is 7.24. The van der Waals surface area contributed by atoms with E-state index in [2.05, 4.69) is 5.10 Å². The van der Waals surface area contributed by atoms with Gasteiger partial charge in [-0.25, -0.2) is 9.78 Å². The third-order valence-electron chi connectivity index (χ3n) is 5.00. The molecule has 0 unspecified atom stereocenters. The van der Waals surface area contributed by atoms with E-state index in [0.717, 1.165) is 46.4 Å². The van der Waals surface area contributed by atoms with E-state index in [4.69, 9.17) is 9.72 Å². The summed E-state index contributed by atoms with van der Waals surface area (Å²) in [7, 11) is 1.86. The highest BCUT2D eigenvalue weighted by Crippen LogP contribution is 2.40. The molecule has 0 bridgehead atoms. The first-order chi connectivity index (χ1) is 12.4.